The third-order valence-electron chi connectivity index (χ3n) is 7.67. The van der Waals surface area contributed by atoms with Crippen molar-refractivity contribution in [1.29, 1.82) is 0 Å². The van der Waals surface area contributed by atoms with Crippen LogP contribution in [0.1, 0.15) is 75.9 Å². The summed E-state index contributed by atoms with van der Waals surface area (Å²) in [5.74, 6) is -1.66. The first-order chi connectivity index (χ1) is 22.9. The monoisotopic (exact) mass is 664 g/mol. The zero-order valence-electron chi connectivity index (χ0n) is 27.8. The predicted molar refractivity (Wildman–Crippen MR) is 180 cm³/mol. The SMILES string of the molecule is CC[C@@H](C=O)NC(=O)[C@H](CC)NC(=O)[C@H](CC)NC(=O)CC[C@@H](C)NC(=O)c1ccc(N(C)Cc2cnc3nc(N)[nH]c(=O)c3n2)cc1. The highest BCUT2D eigenvalue weighted by Crippen LogP contribution is 2.17. The maximum atomic E-state index is 12.9. The summed E-state index contributed by atoms with van der Waals surface area (Å²) in [6, 6.07) is 4.27. The van der Waals surface area contributed by atoms with E-state index in [4.69, 9.17) is 5.73 Å². The van der Waals surface area contributed by atoms with Gasteiger partial charge in [-0.25, -0.2) is 9.97 Å². The van der Waals surface area contributed by atoms with E-state index in [1.807, 2.05) is 11.9 Å². The Balaban J connectivity index is 1.47. The van der Waals surface area contributed by atoms with Gasteiger partial charge in [-0.3, -0.25) is 29.0 Å². The van der Waals surface area contributed by atoms with E-state index in [-0.39, 0.29) is 41.4 Å². The van der Waals surface area contributed by atoms with Crippen LogP contribution in [0.2, 0.25) is 0 Å². The molecule has 3 aromatic rings. The van der Waals surface area contributed by atoms with Crippen molar-refractivity contribution in [3.8, 4) is 0 Å². The molecule has 0 radical (unpaired) electrons. The van der Waals surface area contributed by atoms with Crippen molar-refractivity contribution in [2.24, 2.45) is 0 Å². The van der Waals surface area contributed by atoms with Gasteiger partial charge in [0, 0.05) is 30.8 Å². The predicted octanol–water partition coefficient (Wildman–Crippen LogP) is 0.714. The second kappa shape index (κ2) is 17.5. The molecule has 48 heavy (non-hydrogen) atoms. The Hall–Kier alpha value is -5.41. The fourth-order valence-electron chi connectivity index (χ4n) is 4.74. The van der Waals surface area contributed by atoms with Crippen molar-refractivity contribution in [2.75, 3.05) is 17.7 Å². The Morgan fingerprint density at radius 2 is 1.58 bits per heavy atom. The number of carbonyl (C=O) groups is 5. The van der Waals surface area contributed by atoms with Gasteiger partial charge in [0.25, 0.3) is 11.5 Å². The molecule has 0 aliphatic heterocycles. The number of benzene rings is 1. The van der Waals surface area contributed by atoms with Gasteiger partial charge in [0.05, 0.1) is 24.5 Å². The van der Waals surface area contributed by atoms with Crippen LogP contribution in [0.15, 0.2) is 35.3 Å². The molecule has 4 atom stereocenters. The van der Waals surface area contributed by atoms with E-state index in [1.54, 1.807) is 52.0 Å². The Morgan fingerprint density at radius 1 is 0.938 bits per heavy atom. The minimum Gasteiger partial charge on any atom is -0.369 e. The Morgan fingerprint density at radius 3 is 2.21 bits per heavy atom. The number of amides is 4. The van der Waals surface area contributed by atoms with Crippen LogP contribution in [0.25, 0.3) is 11.2 Å². The lowest BCUT2D eigenvalue weighted by Crippen LogP contribution is -2.54. The van der Waals surface area contributed by atoms with E-state index in [0.29, 0.717) is 49.8 Å². The van der Waals surface area contributed by atoms with E-state index in [1.165, 1.54) is 6.20 Å². The van der Waals surface area contributed by atoms with Gasteiger partial charge in [-0.15, -0.1) is 0 Å². The van der Waals surface area contributed by atoms with Crippen molar-refractivity contribution in [3.05, 3.63) is 52.1 Å². The first-order valence-electron chi connectivity index (χ1n) is 15.9. The van der Waals surface area contributed by atoms with E-state index in [0.717, 1.165) is 5.69 Å². The molecule has 0 saturated carbocycles. The minimum atomic E-state index is -0.846. The van der Waals surface area contributed by atoms with Gasteiger partial charge in [-0.2, -0.15) is 4.98 Å². The number of rotatable bonds is 17. The summed E-state index contributed by atoms with van der Waals surface area (Å²) >= 11 is 0. The quantitative estimate of drug-likeness (QED) is 0.110. The fraction of sp³-hybridized carbons (Fsp3) is 0.469. The molecule has 3 rings (SSSR count). The molecule has 258 valence electrons. The number of aldehydes is 1. The number of anilines is 2. The summed E-state index contributed by atoms with van der Waals surface area (Å²) in [7, 11) is 1.84. The van der Waals surface area contributed by atoms with Crippen LogP contribution in [-0.2, 0) is 25.7 Å². The summed E-state index contributed by atoms with van der Waals surface area (Å²) in [6.45, 7) is 7.36. The summed E-state index contributed by atoms with van der Waals surface area (Å²) in [6.07, 6.45) is 3.62. The van der Waals surface area contributed by atoms with Crippen LogP contribution in [-0.4, -0.2) is 81.1 Å². The molecular weight excluding hydrogens is 620 g/mol. The molecular formula is C32H44N10O6. The maximum absolute atomic E-state index is 12.9. The first kappa shape index (κ1) is 37.1. The minimum absolute atomic E-state index is 0.0356. The van der Waals surface area contributed by atoms with Crippen molar-refractivity contribution in [2.45, 2.75) is 90.5 Å². The van der Waals surface area contributed by atoms with Crippen molar-refractivity contribution >= 4 is 52.7 Å². The average molecular weight is 665 g/mol. The number of nitrogens with two attached hydrogens (primary N) is 1. The number of carbonyl (C=O) groups excluding carboxylic acids is 5. The van der Waals surface area contributed by atoms with Gasteiger partial charge < -0.3 is 36.7 Å². The fourth-order valence-corrected chi connectivity index (χ4v) is 4.74. The summed E-state index contributed by atoms with van der Waals surface area (Å²) in [5, 5.41) is 10.8. The standard InChI is InChI=1S/C32H44N10O6/c1-6-20(17-43)37-29(46)24(8-3)39-30(47)23(7-2)38-25(44)14-9-18(4)35-28(45)19-10-12-22(13-11-19)42(5)16-21-15-34-27-26(36-21)31(48)41-32(33)40-27/h10-13,15,17-18,20,23-24H,6-9,14,16H2,1-5H3,(H,35,45)(H,37,46)(H,38,44)(H,39,47)(H3,33,34,40,41,48)/t18-,20+,23+,24+/m1/s1. The molecule has 2 heterocycles. The van der Waals surface area contributed by atoms with Gasteiger partial charge >= 0.3 is 0 Å². The third-order valence-corrected chi connectivity index (χ3v) is 7.67. The molecule has 1 aromatic carbocycles. The largest absolute Gasteiger partial charge is 0.369 e. The summed E-state index contributed by atoms with van der Waals surface area (Å²) in [5.41, 5.74) is 7.11. The molecule has 4 amide bonds. The molecule has 0 spiro atoms. The molecule has 16 nitrogen and oxygen atoms in total. The number of nitrogen functional groups attached to an aromatic ring is 1. The lowest BCUT2D eigenvalue weighted by molar-refractivity contribution is -0.132. The second-order valence-corrected chi connectivity index (χ2v) is 11.5. The van der Waals surface area contributed by atoms with Crippen LogP contribution in [0.4, 0.5) is 11.6 Å². The van der Waals surface area contributed by atoms with Gasteiger partial charge in [-0.1, -0.05) is 20.8 Å². The number of hydrogen-bond acceptors (Lipinski definition) is 11. The van der Waals surface area contributed by atoms with Crippen LogP contribution < -0.4 is 37.5 Å². The second-order valence-electron chi connectivity index (χ2n) is 11.5. The van der Waals surface area contributed by atoms with E-state index in [9.17, 15) is 28.8 Å². The summed E-state index contributed by atoms with van der Waals surface area (Å²) < 4.78 is 0. The Labute approximate surface area is 278 Å². The highest BCUT2D eigenvalue weighted by molar-refractivity contribution is 5.95. The molecule has 0 aliphatic carbocycles. The van der Waals surface area contributed by atoms with E-state index < -0.39 is 35.5 Å². The number of nitrogens with zero attached hydrogens (tertiary/aromatic N) is 4. The Kier molecular flexibility index (Phi) is 13.5. The zero-order valence-corrected chi connectivity index (χ0v) is 27.8. The normalized spacial score (nSPS) is 13.4. The van der Waals surface area contributed by atoms with Crippen LogP contribution in [0, 0.1) is 0 Å². The van der Waals surface area contributed by atoms with Crippen LogP contribution in [0.5, 0.6) is 0 Å². The maximum Gasteiger partial charge on any atom is 0.280 e. The first-order valence-corrected chi connectivity index (χ1v) is 15.9. The highest BCUT2D eigenvalue weighted by atomic mass is 16.2. The number of hydrogen-bond donors (Lipinski definition) is 6. The molecule has 2 aromatic heterocycles. The lowest BCUT2D eigenvalue weighted by atomic mass is 10.1. The van der Waals surface area contributed by atoms with E-state index >= 15 is 0 Å². The lowest BCUT2D eigenvalue weighted by Gasteiger charge is -2.23. The third kappa shape index (κ3) is 10.3. The number of nitrogens with one attached hydrogen (secondary N) is 5. The number of H-pyrrole nitrogens is 1. The average Bonchev–Trinajstić information content (AvgIpc) is 3.07. The number of aromatic nitrogens is 4. The van der Waals surface area contributed by atoms with Crippen molar-refractivity contribution < 1.29 is 24.0 Å². The number of fused-ring (bicyclic) bond motifs is 1. The smallest absolute Gasteiger partial charge is 0.280 e. The van der Waals surface area contributed by atoms with Gasteiger partial charge in [0.2, 0.25) is 23.7 Å². The molecule has 7 N–H and O–H groups in total. The molecule has 16 heteroatoms. The van der Waals surface area contributed by atoms with Gasteiger partial charge in [0.1, 0.15) is 18.4 Å². The van der Waals surface area contributed by atoms with Crippen molar-refractivity contribution in [3.63, 3.8) is 0 Å². The molecule has 0 saturated heterocycles. The van der Waals surface area contributed by atoms with E-state index in [2.05, 4.69) is 41.2 Å². The number of aromatic amines is 1. The highest BCUT2D eigenvalue weighted by Gasteiger charge is 2.26. The molecule has 0 unspecified atom stereocenters. The molecule has 0 fully saturated rings. The molecule has 0 aliphatic rings. The topological polar surface area (TPSA) is 234 Å². The Bertz CT molecular complexity index is 1660. The van der Waals surface area contributed by atoms with Crippen LogP contribution in [0.3, 0.4) is 0 Å². The van der Waals surface area contributed by atoms with Crippen molar-refractivity contribution in [1.82, 2.24) is 41.2 Å². The van der Waals surface area contributed by atoms with Gasteiger partial charge in [-0.05, 0) is 56.9 Å². The molecule has 0 bridgehead atoms. The summed E-state index contributed by atoms with van der Waals surface area (Å²) in [4.78, 5) is 90.8. The zero-order chi connectivity index (χ0) is 35.4. The van der Waals surface area contributed by atoms with Gasteiger partial charge in [0.15, 0.2) is 11.2 Å². The van der Waals surface area contributed by atoms with Crippen LogP contribution >= 0.6 is 0 Å².